The molecule has 1 heterocycles. The van der Waals surface area contributed by atoms with Crippen molar-refractivity contribution in [2.75, 3.05) is 21.3 Å². The van der Waals surface area contributed by atoms with E-state index in [2.05, 4.69) is 0 Å². The van der Waals surface area contributed by atoms with Crippen LogP contribution in [0.2, 0.25) is 0 Å². The number of carbonyl (C=O) groups is 2. The fourth-order valence-corrected chi connectivity index (χ4v) is 3.33. The number of esters is 2. The number of ether oxygens (including phenoxy) is 3. The quantitative estimate of drug-likeness (QED) is 0.701. The number of methoxy groups -OCH3 is 3. The van der Waals surface area contributed by atoms with Gasteiger partial charge in [0, 0.05) is 18.9 Å². The summed E-state index contributed by atoms with van der Waals surface area (Å²) >= 11 is 0. The molecule has 0 spiro atoms. The van der Waals surface area contributed by atoms with Crippen molar-refractivity contribution in [1.29, 1.82) is 0 Å². The van der Waals surface area contributed by atoms with Crippen LogP contribution in [0.25, 0.3) is 0 Å². The molecule has 0 saturated carbocycles. The summed E-state index contributed by atoms with van der Waals surface area (Å²) in [6.45, 7) is 0.497. The summed E-state index contributed by atoms with van der Waals surface area (Å²) in [5.41, 5.74) is 2.52. The van der Waals surface area contributed by atoms with Crippen LogP contribution in [0.5, 0.6) is 5.75 Å². The molecule has 6 heteroatoms. The van der Waals surface area contributed by atoms with Gasteiger partial charge in [0.05, 0.1) is 38.4 Å². The van der Waals surface area contributed by atoms with Gasteiger partial charge in [-0.3, -0.25) is 0 Å². The van der Waals surface area contributed by atoms with Gasteiger partial charge < -0.3 is 19.1 Å². The second-order valence-electron chi connectivity index (χ2n) is 6.52. The van der Waals surface area contributed by atoms with E-state index in [1.807, 2.05) is 42.5 Å². The van der Waals surface area contributed by atoms with Gasteiger partial charge in [-0.15, -0.1) is 0 Å². The van der Waals surface area contributed by atoms with Gasteiger partial charge in [-0.05, 0) is 23.3 Å². The van der Waals surface area contributed by atoms with E-state index in [4.69, 9.17) is 14.2 Å². The zero-order chi connectivity index (χ0) is 20.8. The average Bonchev–Trinajstić information content (AvgIpc) is 2.78. The van der Waals surface area contributed by atoms with Crippen molar-refractivity contribution in [3.8, 4) is 5.75 Å². The van der Waals surface area contributed by atoms with Gasteiger partial charge in [-0.25, -0.2) is 9.59 Å². The maximum absolute atomic E-state index is 12.6. The van der Waals surface area contributed by atoms with E-state index in [0.717, 1.165) is 11.1 Å². The Labute approximate surface area is 170 Å². The van der Waals surface area contributed by atoms with Crippen molar-refractivity contribution in [1.82, 2.24) is 4.90 Å². The summed E-state index contributed by atoms with van der Waals surface area (Å²) in [7, 11) is 4.23. The van der Waals surface area contributed by atoms with Gasteiger partial charge in [0.2, 0.25) is 0 Å². The number of rotatable bonds is 6. The molecule has 0 atom stereocenters. The Morgan fingerprint density at radius 1 is 0.828 bits per heavy atom. The normalized spacial score (nSPS) is 14.0. The Morgan fingerprint density at radius 3 is 1.86 bits per heavy atom. The monoisotopic (exact) mass is 393 g/mol. The summed E-state index contributed by atoms with van der Waals surface area (Å²) < 4.78 is 15.2. The van der Waals surface area contributed by atoms with E-state index in [-0.39, 0.29) is 0 Å². The molecule has 1 aliphatic heterocycles. The first-order valence-corrected chi connectivity index (χ1v) is 9.11. The molecule has 6 nitrogen and oxygen atoms in total. The summed E-state index contributed by atoms with van der Waals surface area (Å²) in [6, 6.07) is 17.0. The number of benzene rings is 2. The summed E-state index contributed by atoms with van der Waals surface area (Å²) in [6.07, 6.45) is 3.44. The predicted molar refractivity (Wildman–Crippen MR) is 108 cm³/mol. The Morgan fingerprint density at radius 2 is 1.38 bits per heavy atom. The Hall–Kier alpha value is -3.54. The Bertz CT molecular complexity index is 898. The van der Waals surface area contributed by atoms with Crippen LogP contribution in [0, 0.1) is 0 Å². The second kappa shape index (κ2) is 9.10. The van der Waals surface area contributed by atoms with E-state index in [0.29, 0.717) is 23.4 Å². The SMILES string of the molecule is COC(=O)C1=CN(Cc2ccccc2)C=C(C(=O)OC)C1c1ccc(OC)cc1. The van der Waals surface area contributed by atoms with E-state index >= 15 is 0 Å². The molecule has 150 valence electrons. The first-order chi connectivity index (χ1) is 14.1. The maximum Gasteiger partial charge on any atom is 0.336 e. The van der Waals surface area contributed by atoms with Crippen LogP contribution in [0.4, 0.5) is 0 Å². The Balaban J connectivity index is 2.06. The zero-order valence-corrected chi connectivity index (χ0v) is 16.6. The fourth-order valence-electron chi connectivity index (χ4n) is 3.33. The fraction of sp³-hybridized carbons (Fsp3) is 0.217. The molecule has 0 amide bonds. The third-order valence-electron chi connectivity index (χ3n) is 4.73. The molecule has 0 saturated heterocycles. The topological polar surface area (TPSA) is 65.1 Å². The van der Waals surface area contributed by atoms with Gasteiger partial charge in [0.1, 0.15) is 5.75 Å². The van der Waals surface area contributed by atoms with Crippen LogP contribution in [-0.2, 0) is 25.6 Å². The largest absolute Gasteiger partial charge is 0.497 e. The van der Waals surface area contributed by atoms with Crippen LogP contribution < -0.4 is 4.74 Å². The van der Waals surface area contributed by atoms with Crippen molar-refractivity contribution in [3.63, 3.8) is 0 Å². The number of nitrogens with zero attached hydrogens (tertiary/aromatic N) is 1. The second-order valence-corrected chi connectivity index (χ2v) is 6.52. The van der Waals surface area contributed by atoms with Crippen molar-refractivity contribution in [2.45, 2.75) is 12.5 Å². The molecular weight excluding hydrogens is 370 g/mol. The van der Waals surface area contributed by atoms with Crippen LogP contribution in [0.15, 0.2) is 78.1 Å². The molecule has 2 aromatic carbocycles. The molecule has 3 rings (SSSR count). The molecule has 0 bridgehead atoms. The minimum atomic E-state index is -0.604. The summed E-state index contributed by atoms with van der Waals surface area (Å²) in [5, 5.41) is 0. The van der Waals surface area contributed by atoms with E-state index in [1.54, 1.807) is 36.5 Å². The van der Waals surface area contributed by atoms with Gasteiger partial charge in [0.25, 0.3) is 0 Å². The van der Waals surface area contributed by atoms with Crippen LogP contribution in [0.3, 0.4) is 0 Å². The molecule has 29 heavy (non-hydrogen) atoms. The van der Waals surface area contributed by atoms with Gasteiger partial charge in [-0.1, -0.05) is 42.5 Å². The first-order valence-electron chi connectivity index (χ1n) is 9.11. The van der Waals surface area contributed by atoms with Crippen LogP contribution >= 0.6 is 0 Å². The number of carbonyl (C=O) groups excluding carboxylic acids is 2. The number of hydrogen-bond acceptors (Lipinski definition) is 6. The zero-order valence-electron chi connectivity index (χ0n) is 16.6. The van der Waals surface area contributed by atoms with Gasteiger partial charge in [0.15, 0.2) is 0 Å². The highest BCUT2D eigenvalue weighted by Crippen LogP contribution is 2.38. The van der Waals surface area contributed by atoms with Gasteiger partial charge in [-0.2, -0.15) is 0 Å². The van der Waals surface area contributed by atoms with Crippen molar-refractivity contribution >= 4 is 11.9 Å². The molecule has 0 radical (unpaired) electrons. The van der Waals surface area contributed by atoms with E-state index < -0.39 is 17.9 Å². The molecule has 2 aromatic rings. The van der Waals surface area contributed by atoms with Crippen LogP contribution in [0.1, 0.15) is 17.0 Å². The predicted octanol–water partition coefficient (Wildman–Crippen LogP) is 3.41. The van der Waals surface area contributed by atoms with Crippen molar-refractivity contribution in [3.05, 3.63) is 89.3 Å². The highest BCUT2D eigenvalue weighted by Gasteiger charge is 2.35. The van der Waals surface area contributed by atoms with Crippen molar-refractivity contribution < 1.29 is 23.8 Å². The lowest BCUT2D eigenvalue weighted by Crippen LogP contribution is -2.28. The molecule has 0 aromatic heterocycles. The summed E-state index contributed by atoms with van der Waals surface area (Å²) in [4.78, 5) is 27.0. The molecule has 0 N–H and O–H groups in total. The standard InChI is InChI=1S/C23H23NO5/c1-27-18-11-9-17(10-12-18)21-19(22(25)28-2)14-24(15-20(21)23(26)29-3)13-16-7-5-4-6-8-16/h4-12,14-15,21H,13H2,1-3H3. The lowest BCUT2D eigenvalue weighted by Gasteiger charge is -2.30. The highest BCUT2D eigenvalue weighted by molar-refractivity contribution is 5.98. The average molecular weight is 393 g/mol. The lowest BCUT2D eigenvalue weighted by atomic mass is 9.83. The maximum atomic E-state index is 12.6. The Kier molecular flexibility index (Phi) is 6.34. The minimum Gasteiger partial charge on any atom is -0.497 e. The number of hydrogen-bond donors (Lipinski definition) is 0. The van der Waals surface area contributed by atoms with E-state index in [1.165, 1.54) is 14.2 Å². The molecule has 0 unspecified atom stereocenters. The third kappa shape index (κ3) is 4.48. The molecule has 1 aliphatic rings. The smallest absolute Gasteiger partial charge is 0.336 e. The summed E-state index contributed by atoms with van der Waals surface area (Å²) in [5.74, 6) is -0.924. The van der Waals surface area contributed by atoms with Crippen LogP contribution in [-0.4, -0.2) is 38.2 Å². The molecular formula is C23H23NO5. The van der Waals surface area contributed by atoms with Crippen molar-refractivity contribution in [2.24, 2.45) is 0 Å². The van der Waals surface area contributed by atoms with E-state index in [9.17, 15) is 9.59 Å². The molecule has 0 aliphatic carbocycles. The van der Waals surface area contributed by atoms with Gasteiger partial charge >= 0.3 is 11.9 Å². The lowest BCUT2D eigenvalue weighted by molar-refractivity contribution is -0.137. The third-order valence-corrected chi connectivity index (χ3v) is 4.73. The first kappa shape index (κ1) is 20.2. The highest BCUT2D eigenvalue weighted by atomic mass is 16.5. The minimum absolute atomic E-state index is 0.358. The molecule has 0 fully saturated rings.